The first kappa shape index (κ1) is 19.9. The van der Waals surface area contributed by atoms with Crippen molar-refractivity contribution in [1.82, 2.24) is 10.2 Å². The van der Waals surface area contributed by atoms with Crippen LogP contribution >= 0.6 is 0 Å². The number of hydrogen-bond acceptors (Lipinski definition) is 4. The molecule has 2 aliphatic rings. The van der Waals surface area contributed by atoms with E-state index >= 15 is 0 Å². The Kier molecular flexibility index (Phi) is 5.67. The third-order valence-electron chi connectivity index (χ3n) is 5.90. The SMILES string of the molecule is CC1(C)CCCCC1NC(=O)N1CCN(c2ccc(S(N)(=O)=O)cc2)CC1. The number of hydrogen-bond donors (Lipinski definition) is 2. The van der Waals surface area contributed by atoms with Gasteiger partial charge in [-0.3, -0.25) is 0 Å². The lowest BCUT2D eigenvalue weighted by Gasteiger charge is -2.41. The quantitative estimate of drug-likeness (QED) is 0.821. The van der Waals surface area contributed by atoms with Crippen LogP contribution in [0.3, 0.4) is 0 Å². The average molecular weight is 395 g/mol. The van der Waals surface area contributed by atoms with Crippen LogP contribution in [0.15, 0.2) is 29.2 Å². The van der Waals surface area contributed by atoms with Crippen LogP contribution in [0.4, 0.5) is 10.5 Å². The van der Waals surface area contributed by atoms with Crippen molar-refractivity contribution in [3.05, 3.63) is 24.3 Å². The van der Waals surface area contributed by atoms with E-state index in [-0.39, 0.29) is 22.4 Å². The fourth-order valence-corrected chi connectivity index (χ4v) is 4.53. The van der Waals surface area contributed by atoms with Crippen molar-refractivity contribution < 1.29 is 13.2 Å². The van der Waals surface area contributed by atoms with Crippen molar-refractivity contribution in [3.63, 3.8) is 0 Å². The van der Waals surface area contributed by atoms with Crippen molar-refractivity contribution in [3.8, 4) is 0 Å². The lowest BCUT2D eigenvalue weighted by molar-refractivity contribution is 0.146. The average Bonchev–Trinajstić information content (AvgIpc) is 2.63. The van der Waals surface area contributed by atoms with Gasteiger partial charge in [0.1, 0.15) is 0 Å². The molecule has 0 radical (unpaired) electrons. The number of piperazine rings is 1. The first-order valence-electron chi connectivity index (χ1n) is 9.60. The molecule has 1 unspecified atom stereocenters. The summed E-state index contributed by atoms with van der Waals surface area (Å²) in [5, 5.41) is 8.39. The maximum Gasteiger partial charge on any atom is 0.317 e. The number of amides is 2. The number of urea groups is 1. The van der Waals surface area contributed by atoms with Gasteiger partial charge in [-0.1, -0.05) is 26.7 Å². The molecule has 150 valence electrons. The van der Waals surface area contributed by atoms with Crippen molar-refractivity contribution in [2.45, 2.75) is 50.5 Å². The fourth-order valence-electron chi connectivity index (χ4n) is 4.02. The van der Waals surface area contributed by atoms with Crippen molar-refractivity contribution in [2.24, 2.45) is 10.6 Å². The molecular weight excluding hydrogens is 364 g/mol. The van der Waals surface area contributed by atoms with Crippen LogP contribution in [0.2, 0.25) is 0 Å². The number of carbonyl (C=O) groups is 1. The van der Waals surface area contributed by atoms with Gasteiger partial charge in [-0.2, -0.15) is 0 Å². The Bertz CT molecular complexity index is 769. The van der Waals surface area contributed by atoms with Gasteiger partial charge < -0.3 is 15.1 Å². The fraction of sp³-hybridized carbons (Fsp3) is 0.632. The van der Waals surface area contributed by atoms with Crippen molar-refractivity contribution >= 4 is 21.7 Å². The normalized spacial score (nSPS) is 23.1. The molecular formula is C19H30N4O3S. The summed E-state index contributed by atoms with van der Waals surface area (Å²) in [6.45, 7) is 7.21. The van der Waals surface area contributed by atoms with E-state index in [4.69, 9.17) is 5.14 Å². The Morgan fingerprint density at radius 3 is 2.30 bits per heavy atom. The van der Waals surface area contributed by atoms with Gasteiger partial charge in [-0.05, 0) is 42.5 Å². The van der Waals surface area contributed by atoms with Crippen LogP contribution in [-0.2, 0) is 10.0 Å². The molecule has 27 heavy (non-hydrogen) atoms. The predicted octanol–water partition coefficient (Wildman–Crippen LogP) is 2.13. The molecule has 1 heterocycles. The summed E-state index contributed by atoms with van der Waals surface area (Å²) in [5.41, 5.74) is 1.09. The molecule has 1 aliphatic carbocycles. The van der Waals surface area contributed by atoms with Gasteiger partial charge >= 0.3 is 6.03 Å². The van der Waals surface area contributed by atoms with Crippen molar-refractivity contribution in [2.75, 3.05) is 31.1 Å². The Balaban J connectivity index is 1.54. The van der Waals surface area contributed by atoms with E-state index in [0.29, 0.717) is 13.1 Å². The summed E-state index contributed by atoms with van der Waals surface area (Å²) in [7, 11) is -3.67. The van der Waals surface area contributed by atoms with Crippen molar-refractivity contribution in [1.29, 1.82) is 0 Å². The lowest BCUT2D eigenvalue weighted by atomic mass is 9.73. The molecule has 2 amide bonds. The predicted molar refractivity (Wildman–Crippen MR) is 106 cm³/mol. The van der Waals surface area contributed by atoms with Crippen LogP contribution in [0.25, 0.3) is 0 Å². The largest absolute Gasteiger partial charge is 0.368 e. The molecule has 1 aromatic rings. The second-order valence-corrected chi connectivity index (χ2v) is 9.81. The molecule has 8 heteroatoms. The molecule has 1 aliphatic heterocycles. The zero-order valence-electron chi connectivity index (χ0n) is 16.1. The maximum atomic E-state index is 12.7. The molecule has 0 spiro atoms. The molecule has 1 saturated heterocycles. The van der Waals surface area contributed by atoms with E-state index in [1.54, 1.807) is 12.1 Å². The highest BCUT2D eigenvalue weighted by Crippen LogP contribution is 2.35. The third-order valence-corrected chi connectivity index (χ3v) is 6.83. The van der Waals surface area contributed by atoms with Crippen LogP contribution in [-0.4, -0.2) is 51.6 Å². The van der Waals surface area contributed by atoms with Gasteiger partial charge in [0.05, 0.1) is 4.90 Å². The lowest BCUT2D eigenvalue weighted by Crippen LogP contribution is -2.56. The number of nitrogens with one attached hydrogen (secondary N) is 1. The van der Waals surface area contributed by atoms with E-state index in [1.165, 1.54) is 25.0 Å². The number of primary sulfonamides is 1. The number of rotatable bonds is 3. The Morgan fingerprint density at radius 1 is 1.11 bits per heavy atom. The standard InChI is InChI=1S/C19H30N4O3S/c1-19(2)10-4-3-5-17(19)21-18(24)23-13-11-22(12-14-23)15-6-8-16(9-7-15)27(20,25)26/h6-9,17H,3-5,10-14H2,1-2H3,(H,21,24)(H2,20,25,26). The number of sulfonamides is 1. The first-order chi connectivity index (χ1) is 12.7. The molecule has 7 nitrogen and oxygen atoms in total. The second kappa shape index (κ2) is 7.67. The molecule has 3 rings (SSSR count). The zero-order valence-corrected chi connectivity index (χ0v) is 17.0. The Labute approximate surface area is 161 Å². The number of anilines is 1. The molecule has 1 saturated carbocycles. The summed E-state index contributed by atoms with van der Waals surface area (Å²) in [6, 6.07) is 6.84. The molecule has 0 bridgehead atoms. The van der Waals surface area contributed by atoms with E-state index in [0.717, 1.165) is 31.6 Å². The van der Waals surface area contributed by atoms with Gasteiger partial charge in [-0.25, -0.2) is 18.4 Å². The highest BCUT2D eigenvalue weighted by Gasteiger charge is 2.34. The summed E-state index contributed by atoms with van der Waals surface area (Å²) in [4.78, 5) is 16.8. The smallest absolute Gasteiger partial charge is 0.317 e. The molecule has 1 aromatic carbocycles. The molecule has 3 N–H and O–H groups in total. The van der Waals surface area contributed by atoms with Gasteiger partial charge in [0.25, 0.3) is 0 Å². The minimum Gasteiger partial charge on any atom is -0.368 e. The number of carbonyl (C=O) groups excluding carboxylic acids is 1. The van der Waals surface area contributed by atoms with E-state index in [9.17, 15) is 13.2 Å². The Morgan fingerprint density at radius 2 is 1.74 bits per heavy atom. The highest BCUT2D eigenvalue weighted by atomic mass is 32.2. The third kappa shape index (κ3) is 4.73. The van der Waals surface area contributed by atoms with E-state index in [2.05, 4.69) is 24.1 Å². The van der Waals surface area contributed by atoms with Gasteiger partial charge in [0.15, 0.2) is 0 Å². The van der Waals surface area contributed by atoms with Gasteiger partial charge in [0.2, 0.25) is 10.0 Å². The number of benzene rings is 1. The second-order valence-electron chi connectivity index (χ2n) is 8.25. The first-order valence-corrected chi connectivity index (χ1v) is 11.1. The van der Waals surface area contributed by atoms with Gasteiger partial charge in [0, 0.05) is 37.9 Å². The van der Waals surface area contributed by atoms with Gasteiger partial charge in [-0.15, -0.1) is 0 Å². The monoisotopic (exact) mass is 394 g/mol. The summed E-state index contributed by atoms with van der Waals surface area (Å²) >= 11 is 0. The molecule has 2 fully saturated rings. The van der Waals surface area contributed by atoms with Crippen LogP contribution in [0.1, 0.15) is 39.5 Å². The zero-order chi connectivity index (χ0) is 19.7. The minimum absolute atomic E-state index is 0.0270. The van der Waals surface area contributed by atoms with E-state index < -0.39 is 10.0 Å². The number of nitrogens with two attached hydrogens (primary N) is 1. The molecule has 0 aromatic heterocycles. The van der Waals surface area contributed by atoms with Crippen LogP contribution in [0, 0.1) is 5.41 Å². The topological polar surface area (TPSA) is 95.7 Å². The molecule has 1 atom stereocenters. The summed E-state index contributed by atoms with van der Waals surface area (Å²) in [6.07, 6.45) is 4.62. The Hall–Kier alpha value is -1.80. The minimum atomic E-state index is -3.67. The summed E-state index contributed by atoms with van der Waals surface area (Å²) < 4.78 is 22.7. The number of nitrogens with zero attached hydrogens (tertiary/aromatic N) is 2. The van der Waals surface area contributed by atoms with Crippen LogP contribution < -0.4 is 15.4 Å². The highest BCUT2D eigenvalue weighted by molar-refractivity contribution is 7.89. The van der Waals surface area contributed by atoms with E-state index in [1.807, 2.05) is 4.90 Å². The summed E-state index contributed by atoms with van der Waals surface area (Å²) in [5.74, 6) is 0. The van der Waals surface area contributed by atoms with Crippen LogP contribution in [0.5, 0.6) is 0 Å². The maximum absolute atomic E-state index is 12.7.